The van der Waals surface area contributed by atoms with Crippen molar-refractivity contribution in [1.29, 1.82) is 0 Å². The summed E-state index contributed by atoms with van der Waals surface area (Å²) in [6.07, 6.45) is 2.75. The van der Waals surface area contributed by atoms with Gasteiger partial charge < -0.3 is 5.73 Å². The predicted octanol–water partition coefficient (Wildman–Crippen LogP) is 2.26. The van der Waals surface area contributed by atoms with Crippen molar-refractivity contribution >= 4 is 37.6 Å². The number of halogens is 2. The van der Waals surface area contributed by atoms with Gasteiger partial charge in [0.2, 0.25) is 10.0 Å². The average molecular weight is 354 g/mol. The van der Waals surface area contributed by atoms with E-state index in [0.717, 1.165) is 19.3 Å². The summed E-state index contributed by atoms with van der Waals surface area (Å²) in [6.45, 7) is 0.248. The topological polar surface area (TPSA) is 72.2 Å². The lowest BCUT2D eigenvalue weighted by atomic mass is 9.78. The third-order valence-electron chi connectivity index (χ3n) is 3.17. The number of hydrogen-bond donors (Lipinski definition) is 2. The Balaban J connectivity index is 2.18. The highest BCUT2D eigenvalue weighted by molar-refractivity contribution is 9.10. The third kappa shape index (κ3) is 2.88. The second-order valence-corrected chi connectivity index (χ2v) is 7.56. The Morgan fingerprint density at radius 3 is 2.67 bits per heavy atom. The number of hydrogen-bond acceptors (Lipinski definition) is 3. The van der Waals surface area contributed by atoms with Crippen molar-refractivity contribution < 1.29 is 8.42 Å². The van der Waals surface area contributed by atoms with Crippen LogP contribution in [0.3, 0.4) is 0 Å². The summed E-state index contributed by atoms with van der Waals surface area (Å²) in [5.74, 6) is 0. The van der Waals surface area contributed by atoms with Crippen LogP contribution in [0.2, 0.25) is 5.02 Å². The van der Waals surface area contributed by atoms with Crippen molar-refractivity contribution in [3.8, 4) is 0 Å². The van der Waals surface area contributed by atoms with Crippen molar-refractivity contribution in [3.05, 3.63) is 27.7 Å². The summed E-state index contributed by atoms with van der Waals surface area (Å²) in [6, 6.07) is 4.79. The maximum absolute atomic E-state index is 12.1. The summed E-state index contributed by atoms with van der Waals surface area (Å²) in [7, 11) is -3.61. The van der Waals surface area contributed by atoms with E-state index in [1.54, 1.807) is 12.1 Å². The highest BCUT2D eigenvalue weighted by Crippen LogP contribution is 2.31. The second-order valence-electron chi connectivity index (χ2n) is 4.59. The van der Waals surface area contributed by atoms with E-state index >= 15 is 0 Å². The summed E-state index contributed by atoms with van der Waals surface area (Å²) >= 11 is 9.18. The van der Waals surface area contributed by atoms with Crippen molar-refractivity contribution in [2.75, 3.05) is 6.54 Å². The van der Waals surface area contributed by atoms with Gasteiger partial charge in [-0.3, -0.25) is 0 Å². The Morgan fingerprint density at radius 2 is 2.11 bits per heavy atom. The number of sulfonamides is 1. The maximum atomic E-state index is 12.1. The Bertz CT molecular complexity index is 558. The monoisotopic (exact) mass is 352 g/mol. The van der Waals surface area contributed by atoms with E-state index in [2.05, 4.69) is 20.7 Å². The van der Waals surface area contributed by atoms with Crippen LogP contribution < -0.4 is 10.5 Å². The first-order valence-electron chi connectivity index (χ1n) is 5.57. The number of benzene rings is 1. The van der Waals surface area contributed by atoms with Crippen molar-refractivity contribution in [2.45, 2.75) is 29.7 Å². The smallest absolute Gasteiger partial charge is 0.242 e. The van der Waals surface area contributed by atoms with Gasteiger partial charge in [0.15, 0.2) is 0 Å². The van der Waals surface area contributed by atoms with E-state index in [0.29, 0.717) is 4.47 Å². The van der Waals surface area contributed by atoms with E-state index in [1.165, 1.54) is 6.07 Å². The fourth-order valence-electron chi connectivity index (χ4n) is 1.82. The molecule has 0 amide bonds. The van der Waals surface area contributed by atoms with E-state index in [9.17, 15) is 8.42 Å². The largest absolute Gasteiger partial charge is 0.324 e. The average Bonchev–Trinajstić information content (AvgIpc) is 2.27. The quantitative estimate of drug-likeness (QED) is 0.872. The standard InChI is InChI=1S/C11H14BrClN2O2S/c12-8-3-1-4-9(10(8)13)18(16,17)15-7-11(14)5-2-6-11/h1,3-4,15H,2,5-7,14H2. The predicted molar refractivity (Wildman–Crippen MR) is 75.1 cm³/mol. The van der Waals surface area contributed by atoms with Crippen molar-refractivity contribution in [2.24, 2.45) is 5.73 Å². The molecule has 0 heterocycles. The maximum Gasteiger partial charge on any atom is 0.242 e. The normalized spacial score (nSPS) is 18.4. The van der Waals surface area contributed by atoms with E-state index in [-0.39, 0.29) is 16.5 Å². The molecule has 0 aliphatic heterocycles. The lowest BCUT2D eigenvalue weighted by molar-refractivity contribution is 0.251. The van der Waals surface area contributed by atoms with Gasteiger partial charge in [0, 0.05) is 16.6 Å². The van der Waals surface area contributed by atoms with Crippen LogP contribution in [0.5, 0.6) is 0 Å². The van der Waals surface area contributed by atoms with Gasteiger partial charge >= 0.3 is 0 Å². The van der Waals surface area contributed by atoms with Crippen molar-refractivity contribution in [1.82, 2.24) is 4.72 Å². The minimum Gasteiger partial charge on any atom is -0.324 e. The minimum atomic E-state index is -3.61. The van der Waals surface area contributed by atoms with Gasteiger partial charge in [-0.1, -0.05) is 17.7 Å². The van der Waals surface area contributed by atoms with Crippen LogP contribution >= 0.6 is 27.5 Å². The molecule has 2 rings (SSSR count). The Labute approximate surface area is 120 Å². The van der Waals surface area contributed by atoms with Crippen LogP contribution in [0.4, 0.5) is 0 Å². The number of rotatable bonds is 4. The van der Waals surface area contributed by atoms with Crippen LogP contribution in [0.25, 0.3) is 0 Å². The molecule has 1 saturated carbocycles. The molecule has 0 unspecified atom stereocenters. The molecule has 0 atom stereocenters. The van der Waals surface area contributed by atoms with Crippen LogP contribution in [0, 0.1) is 0 Å². The molecule has 3 N–H and O–H groups in total. The first kappa shape index (κ1) is 14.3. The zero-order valence-corrected chi connectivity index (χ0v) is 12.8. The zero-order chi connectivity index (χ0) is 13.4. The molecule has 1 aliphatic carbocycles. The lowest BCUT2D eigenvalue weighted by Crippen LogP contribution is -2.54. The summed E-state index contributed by atoms with van der Waals surface area (Å²) in [5, 5.41) is 0.185. The summed E-state index contributed by atoms with van der Waals surface area (Å²) < 4.78 is 27.3. The fraction of sp³-hybridized carbons (Fsp3) is 0.455. The first-order valence-corrected chi connectivity index (χ1v) is 8.22. The fourth-order valence-corrected chi connectivity index (χ4v) is 3.98. The molecule has 0 radical (unpaired) electrons. The lowest BCUT2D eigenvalue weighted by Gasteiger charge is -2.38. The Hall–Kier alpha value is -0.140. The molecule has 1 aromatic carbocycles. The highest BCUT2D eigenvalue weighted by atomic mass is 79.9. The van der Waals surface area contributed by atoms with Gasteiger partial charge in [0.25, 0.3) is 0 Å². The summed E-state index contributed by atoms with van der Waals surface area (Å²) in [5.41, 5.74) is 5.59. The van der Waals surface area contributed by atoms with E-state index < -0.39 is 15.6 Å². The van der Waals surface area contributed by atoms with Crippen LogP contribution in [-0.2, 0) is 10.0 Å². The molecule has 1 aliphatic rings. The molecule has 0 saturated heterocycles. The molecule has 4 nitrogen and oxygen atoms in total. The first-order chi connectivity index (χ1) is 8.34. The Morgan fingerprint density at radius 1 is 1.44 bits per heavy atom. The van der Waals surface area contributed by atoms with Crippen LogP contribution in [0.1, 0.15) is 19.3 Å². The second kappa shape index (κ2) is 5.09. The summed E-state index contributed by atoms with van der Waals surface area (Å²) in [4.78, 5) is 0.0708. The molecule has 0 aromatic heterocycles. The molecule has 100 valence electrons. The van der Waals surface area contributed by atoms with E-state index in [4.69, 9.17) is 17.3 Å². The molecule has 1 aromatic rings. The zero-order valence-electron chi connectivity index (χ0n) is 9.62. The van der Waals surface area contributed by atoms with Crippen LogP contribution in [0.15, 0.2) is 27.6 Å². The molecule has 1 fully saturated rings. The molecule has 18 heavy (non-hydrogen) atoms. The van der Waals surface area contributed by atoms with E-state index in [1.807, 2.05) is 0 Å². The van der Waals surface area contributed by atoms with Crippen LogP contribution in [-0.4, -0.2) is 20.5 Å². The molecule has 0 bridgehead atoms. The highest BCUT2D eigenvalue weighted by Gasteiger charge is 2.34. The molecule has 7 heteroatoms. The third-order valence-corrected chi connectivity index (χ3v) is 6.02. The molecular weight excluding hydrogens is 340 g/mol. The molecular formula is C11H14BrClN2O2S. The number of nitrogens with one attached hydrogen (secondary N) is 1. The van der Waals surface area contributed by atoms with Crippen molar-refractivity contribution in [3.63, 3.8) is 0 Å². The van der Waals surface area contributed by atoms with Gasteiger partial charge in [-0.2, -0.15) is 0 Å². The minimum absolute atomic E-state index is 0.0708. The van der Waals surface area contributed by atoms with Gasteiger partial charge in [-0.25, -0.2) is 13.1 Å². The van der Waals surface area contributed by atoms with Gasteiger partial charge in [-0.15, -0.1) is 0 Å². The Kier molecular flexibility index (Phi) is 4.04. The van der Waals surface area contributed by atoms with Gasteiger partial charge in [-0.05, 0) is 47.3 Å². The van der Waals surface area contributed by atoms with Gasteiger partial charge in [0.1, 0.15) is 4.90 Å². The van der Waals surface area contributed by atoms with Gasteiger partial charge in [0.05, 0.1) is 5.02 Å². The molecule has 0 spiro atoms. The SMILES string of the molecule is NC1(CNS(=O)(=O)c2cccc(Br)c2Cl)CCC1. The number of nitrogens with two attached hydrogens (primary N) is 1.